The van der Waals surface area contributed by atoms with E-state index < -0.39 is 0 Å². The molecule has 0 bridgehead atoms. The Morgan fingerprint density at radius 2 is 1.34 bits per heavy atom. The molecule has 5 aliphatic rings. The van der Waals surface area contributed by atoms with E-state index >= 15 is 0 Å². The predicted octanol–water partition coefficient (Wildman–Crippen LogP) is 15.7. The maximum atomic E-state index is 6.81. The van der Waals surface area contributed by atoms with Gasteiger partial charge < -0.3 is 23.0 Å². The van der Waals surface area contributed by atoms with Crippen LogP contribution in [-0.4, -0.2) is 15.2 Å². The van der Waals surface area contributed by atoms with Crippen LogP contribution in [0.3, 0.4) is 0 Å². The maximum absolute atomic E-state index is 6.81. The molecule has 312 valence electrons. The second-order valence-corrected chi connectivity index (χ2v) is 18.1. The number of hydrogen-bond acceptors (Lipinski definition) is 3. The summed E-state index contributed by atoms with van der Waals surface area (Å²) in [4.78, 5) is 0. The number of fused-ring (bicyclic) bond motifs is 11. The molecule has 4 aliphatic carbocycles. The molecule has 5 heteroatoms. The third-order valence-electron chi connectivity index (χ3n) is 14.3. The number of para-hydroxylation sites is 2. The number of rotatable bonds is 6. The van der Waals surface area contributed by atoms with E-state index in [2.05, 4.69) is 179 Å². The van der Waals surface area contributed by atoms with Crippen LogP contribution in [0.4, 0.5) is 0 Å². The van der Waals surface area contributed by atoms with Crippen LogP contribution < -0.4 is 4.74 Å². The van der Waals surface area contributed by atoms with Gasteiger partial charge >= 0.3 is 0 Å². The summed E-state index contributed by atoms with van der Waals surface area (Å²) in [5, 5.41) is 5.93. The molecule has 0 amide bonds. The van der Waals surface area contributed by atoms with Crippen molar-refractivity contribution in [3.05, 3.63) is 210 Å². The van der Waals surface area contributed by atoms with E-state index in [1.165, 1.54) is 77.5 Å². The van der Waals surface area contributed by atoms with Crippen molar-refractivity contribution in [3.8, 4) is 28.3 Å². The average molecular weight is 841 g/mol. The molecule has 0 fully saturated rings. The van der Waals surface area contributed by atoms with Crippen LogP contribution in [0.15, 0.2) is 203 Å². The summed E-state index contributed by atoms with van der Waals surface area (Å²) in [5.41, 5.74) is 16.8. The number of furan rings is 1. The zero-order chi connectivity index (χ0) is 42.6. The molecule has 6 aromatic carbocycles. The number of benzene rings is 6. The van der Waals surface area contributed by atoms with E-state index in [4.69, 9.17) is 13.9 Å². The van der Waals surface area contributed by atoms with Gasteiger partial charge in [-0.3, -0.25) is 0 Å². The summed E-state index contributed by atoms with van der Waals surface area (Å²) in [6.45, 7) is 0. The number of allylic oxidation sites excluding steroid dienone is 9. The summed E-state index contributed by atoms with van der Waals surface area (Å²) < 4.78 is 24.2. The number of ether oxygens (including phenoxy) is 2. The molecule has 0 N–H and O–H groups in total. The van der Waals surface area contributed by atoms with Gasteiger partial charge in [-0.15, -0.1) is 0 Å². The first-order valence-electron chi connectivity index (χ1n) is 23.1. The standard InChI is InChI=1S/C60H44N2O3/c1-5-19-53-45(15-1)49-35-43(25-27-55(49)61(53)41-13-9-11-37(31-41)39-23-29-59-51(33-39)47-17-3-7-21-57(47)64-59)63-44-26-28-56-50(36-44)46-16-2-6-20-54(46)62(56)42-14-10-12-38(32-42)40-24-30-60-52(34-40)48-18-4-8-22-58(48)65-60/h1,4-8,10-12,14-15,18-36,51,59H,2-3,9,13,16-17H2. The van der Waals surface area contributed by atoms with Gasteiger partial charge in [-0.05, 0) is 169 Å². The van der Waals surface area contributed by atoms with Crippen LogP contribution in [0.5, 0.6) is 11.5 Å². The molecule has 9 aromatic rings. The lowest BCUT2D eigenvalue weighted by molar-refractivity contribution is 0.173. The van der Waals surface area contributed by atoms with Crippen LogP contribution in [0.25, 0.3) is 83.2 Å². The highest BCUT2D eigenvalue weighted by Crippen LogP contribution is 2.45. The van der Waals surface area contributed by atoms with Gasteiger partial charge in [0.25, 0.3) is 0 Å². The van der Waals surface area contributed by atoms with Gasteiger partial charge in [0.2, 0.25) is 0 Å². The maximum Gasteiger partial charge on any atom is 0.135 e. The molecular weight excluding hydrogens is 797 g/mol. The SMILES string of the molecule is C1=CC2=C(CC1)C1C=C(C3=CCCC(n4c5ccccc5c5cc(Oc6ccc7c(c6)c6c(n7-c7cccc(-c8ccc9oc%10ccccc%10c9c8)c7)C=CCC6)ccc54)=C3)C=CC1O2. The average Bonchev–Trinajstić information content (AvgIpc) is 4.11. The van der Waals surface area contributed by atoms with Crippen LogP contribution in [0.1, 0.15) is 43.4 Å². The lowest BCUT2D eigenvalue weighted by Crippen LogP contribution is -2.18. The van der Waals surface area contributed by atoms with Gasteiger partial charge in [-0.2, -0.15) is 0 Å². The fraction of sp³-hybridized carbons (Fsp3) is 0.133. The molecule has 2 atom stereocenters. The minimum absolute atomic E-state index is 0.110. The zero-order valence-electron chi connectivity index (χ0n) is 35.8. The van der Waals surface area contributed by atoms with E-state index in [1.54, 1.807) is 0 Å². The van der Waals surface area contributed by atoms with Crippen molar-refractivity contribution < 1.29 is 13.9 Å². The summed E-state index contributed by atoms with van der Waals surface area (Å²) in [7, 11) is 0. The first-order valence-corrected chi connectivity index (χ1v) is 23.1. The second-order valence-electron chi connectivity index (χ2n) is 18.1. The number of hydrogen-bond donors (Lipinski definition) is 0. The fourth-order valence-electron chi connectivity index (χ4n) is 11.3. The van der Waals surface area contributed by atoms with Gasteiger partial charge in [0.05, 0.1) is 16.6 Å². The van der Waals surface area contributed by atoms with E-state index in [9.17, 15) is 0 Å². The van der Waals surface area contributed by atoms with Gasteiger partial charge in [-0.1, -0.05) is 85.0 Å². The summed E-state index contributed by atoms with van der Waals surface area (Å²) >= 11 is 0. The Morgan fingerprint density at radius 1 is 0.554 bits per heavy atom. The lowest BCUT2D eigenvalue weighted by Gasteiger charge is -2.23. The van der Waals surface area contributed by atoms with Crippen molar-refractivity contribution in [1.29, 1.82) is 0 Å². The van der Waals surface area contributed by atoms with Gasteiger partial charge in [-0.25, -0.2) is 0 Å². The normalized spacial score (nSPS) is 18.9. The molecule has 4 heterocycles. The van der Waals surface area contributed by atoms with E-state index in [0.717, 1.165) is 83.4 Å². The number of aromatic nitrogens is 2. The molecule has 0 saturated carbocycles. The molecule has 3 aromatic heterocycles. The minimum atomic E-state index is 0.110. The third-order valence-corrected chi connectivity index (χ3v) is 14.3. The van der Waals surface area contributed by atoms with Crippen molar-refractivity contribution in [2.75, 3.05) is 0 Å². The molecule has 1 aliphatic heterocycles. The molecule has 0 radical (unpaired) electrons. The summed E-state index contributed by atoms with van der Waals surface area (Å²) in [5.74, 6) is 3.07. The van der Waals surface area contributed by atoms with Gasteiger partial charge in [0.15, 0.2) is 0 Å². The zero-order valence-corrected chi connectivity index (χ0v) is 35.8. The Morgan fingerprint density at radius 3 is 2.28 bits per heavy atom. The highest BCUT2D eigenvalue weighted by atomic mass is 16.5. The van der Waals surface area contributed by atoms with Crippen LogP contribution in [0, 0.1) is 5.92 Å². The Labute approximate surface area is 376 Å². The Hall–Kier alpha value is -7.76. The first-order chi connectivity index (χ1) is 32.2. The largest absolute Gasteiger partial charge is 0.485 e. The predicted molar refractivity (Wildman–Crippen MR) is 265 cm³/mol. The second kappa shape index (κ2) is 14.4. The highest BCUT2D eigenvalue weighted by Gasteiger charge is 2.35. The van der Waals surface area contributed by atoms with Crippen molar-refractivity contribution in [2.24, 2.45) is 5.92 Å². The monoisotopic (exact) mass is 840 g/mol. The fourth-order valence-corrected chi connectivity index (χ4v) is 11.3. The Kier molecular flexibility index (Phi) is 8.12. The Bertz CT molecular complexity index is 3740. The van der Waals surface area contributed by atoms with E-state index in [-0.39, 0.29) is 6.10 Å². The van der Waals surface area contributed by atoms with Crippen molar-refractivity contribution >= 4 is 66.4 Å². The smallest absolute Gasteiger partial charge is 0.135 e. The molecule has 0 spiro atoms. The Balaban J connectivity index is 0.798. The minimum Gasteiger partial charge on any atom is -0.485 e. The van der Waals surface area contributed by atoms with Crippen molar-refractivity contribution in [2.45, 2.75) is 44.6 Å². The van der Waals surface area contributed by atoms with Gasteiger partial charge in [0, 0.05) is 49.9 Å². The molecule has 5 nitrogen and oxygen atoms in total. The molecule has 2 unspecified atom stereocenters. The van der Waals surface area contributed by atoms with Crippen LogP contribution in [-0.2, 0) is 11.2 Å². The van der Waals surface area contributed by atoms with E-state index in [1.807, 2.05) is 12.1 Å². The highest BCUT2D eigenvalue weighted by molar-refractivity contribution is 6.11. The summed E-state index contributed by atoms with van der Waals surface area (Å²) in [6.07, 6.45) is 27.1. The van der Waals surface area contributed by atoms with E-state index in [0.29, 0.717) is 5.92 Å². The number of nitrogens with zero attached hydrogens (tertiary/aromatic N) is 2. The van der Waals surface area contributed by atoms with Crippen LogP contribution in [0.2, 0.25) is 0 Å². The molecule has 65 heavy (non-hydrogen) atoms. The molecule has 0 saturated heterocycles. The molecule has 14 rings (SSSR count). The third kappa shape index (κ3) is 5.85. The quantitative estimate of drug-likeness (QED) is 0.167. The van der Waals surface area contributed by atoms with Gasteiger partial charge in [0.1, 0.15) is 34.5 Å². The lowest BCUT2D eigenvalue weighted by atomic mass is 9.82. The first kappa shape index (κ1) is 36.7. The van der Waals surface area contributed by atoms with Crippen molar-refractivity contribution in [1.82, 2.24) is 9.13 Å². The molecular formula is C60H44N2O3. The summed E-state index contributed by atoms with van der Waals surface area (Å²) in [6, 6.07) is 45.7. The van der Waals surface area contributed by atoms with Crippen LogP contribution >= 0.6 is 0 Å². The van der Waals surface area contributed by atoms with Crippen molar-refractivity contribution in [3.63, 3.8) is 0 Å². The topological polar surface area (TPSA) is 41.5 Å². The number of aryl methyl sites for hydroxylation is 1.